The molecule has 0 aliphatic carbocycles. The zero-order chi connectivity index (χ0) is 37.5. The summed E-state index contributed by atoms with van der Waals surface area (Å²) in [5.74, 6) is -0.580. The van der Waals surface area contributed by atoms with E-state index < -0.39 is 26.5 Å². The summed E-state index contributed by atoms with van der Waals surface area (Å²) in [6, 6.07) is 0. The molecular weight excluding hydrogens is 665 g/mol. The molecule has 0 aromatic carbocycles. The number of nitrogens with one attached hydrogen (secondary N) is 1. The van der Waals surface area contributed by atoms with Crippen molar-refractivity contribution in [3.8, 4) is 0 Å². The smallest absolute Gasteiger partial charge is 0.463 e. The number of carbonyl (C=O) groups is 2. The number of phosphoric acid groups is 1. The molecule has 0 rings (SSSR count). The van der Waals surface area contributed by atoms with Gasteiger partial charge in [-0.15, -0.1) is 0 Å². The molecule has 0 aliphatic rings. The predicted octanol–water partition coefficient (Wildman–Crippen LogP) is 10.3. The van der Waals surface area contributed by atoms with Gasteiger partial charge in [-0.25, -0.2) is 4.57 Å². The number of hydrogen-bond donors (Lipinski definition) is 3. The summed E-state index contributed by atoms with van der Waals surface area (Å²) in [6.07, 6.45) is 44.0. The van der Waals surface area contributed by atoms with Crippen LogP contribution in [-0.4, -0.2) is 54.3 Å². The second-order valence-electron chi connectivity index (χ2n) is 12.5. The number of aliphatic hydroxyl groups excluding tert-OH is 1. The second kappa shape index (κ2) is 37.2. The monoisotopic (exact) mass is 735 g/mol. The van der Waals surface area contributed by atoms with E-state index in [0.29, 0.717) is 12.8 Å². The molecule has 2 atom stereocenters. The molecule has 292 valence electrons. The molecule has 0 bridgehead atoms. The molecule has 51 heavy (non-hydrogen) atoms. The lowest BCUT2D eigenvalue weighted by Crippen LogP contribution is -2.27. The van der Waals surface area contributed by atoms with Crippen molar-refractivity contribution in [2.75, 3.05) is 26.4 Å². The average Bonchev–Trinajstić information content (AvgIpc) is 3.11. The Morgan fingerprint density at radius 2 is 1.12 bits per heavy atom. The second-order valence-corrected chi connectivity index (χ2v) is 14.0. The Hall–Kier alpha value is -2.55. The van der Waals surface area contributed by atoms with Gasteiger partial charge in [-0.05, 0) is 83.5 Å². The molecule has 3 N–H and O–H groups in total. The van der Waals surface area contributed by atoms with Crippen LogP contribution in [0.5, 0.6) is 0 Å². The fraction of sp³-hybridized carbons (Fsp3) is 0.659. The van der Waals surface area contributed by atoms with Crippen molar-refractivity contribution >= 4 is 19.7 Å². The maximum Gasteiger partial charge on any atom is 0.472 e. The van der Waals surface area contributed by atoms with E-state index in [-0.39, 0.29) is 32.1 Å². The van der Waals surface area contributed by atoms with Gasteiger partial charge in [0.15, 0.2) is 0 Å². The highest BCUT2D eigenvalue weighted by Gasteiger charge is 2.23. The lowest BCUT2D eigenvalue weighted by molar-refractivity contribution is -0.147. The van der Waals surface area contributed by atoms with E-state index >= 15 is 0 Å². The summed E-state index contributed by atoms with van der Waals surface area (Å²) in [5.41, 5.74) is 0. The van der Waals surface area contributed by atoms with Crippen LogP contribution in [0.3, 0.4) is 0 Å². The van der Waals surface area contributed by atoms with Gasteiger partial charge in [-0.1, -0.05) is 119 Å². The van der Waals surface area contributed by atoms with Gasteiger partial charge in [-0.2, -0.15) is 0 Å². The van der Waals surface area contributed by atoms with Gasteiger partial charge >= 0.3 is 13.8 Å². The van der Waals surface area contributed by atoms with E-state index in [4.69, 9.17) is 13.8 Å². The molecule has 0 aromatic heterocycles. The van der Waals surface area contributed by atoms with Crippen molar-refractivity contribution in [1.82, 2.24) is 5.32 Å². The fourth-order valence-corrected chi connectivity index (χ4v) is 5.45. The molecular formula is C41H70NO8P. The molecule has 9 nitrogen and oxygen atoms in total. The van der Waals surface area contributed by atoms with Gasteiger partial charge in [0.25, 0.3) is 0 Å². The summed E-state index contributed by atoms with van der Waals surface area (Å²) in [4.78, 5) is 33.8. The predicted molar refractivity (Wildman–Crippen MR) is 210 cm³/mol. The molecule has 0 aromatic rings. The molecule has 0 saturated heterocycles. The third-order valence-electron chi connectivity index (χ3n) is 7.62. The van der Waals surface area contributed by atoms with Crippen LogP contribution in [0.15, 0.2) is 72.9 Å². The Kier molecular flexibility index (Phi) is 35.4. The number of ether oxygens (including phenoxy) is 1. The van der Waals surface area contributed by atoms with E-state index in [1.165, 1.54) is 25.7 Å². The normalized spacial score (nSPS) is 14.2. The SMILES string of the molecule is CC/C=C\C/C=C\C/C=C\C/C=C\CCCCC(=O)NCCOP(=O)(O)OCC(O)COC(=O)CCCCCCC/C=C\C/C=C\CCCCC. The summed E-state index contributed by atoms with van der Waals surface area (Å²) < 4.78 is 26.8. The Morgan fingerprint density at radius 1 is 0.627 bits per heavy atom. The summed E-state index contributed by atoms with van der Waals surface area (Å²) >= 11 is 0. The Morgan fingerprint density at radius 3 is 1.71 bits per heavy atom. The molecule has 0 aliphatic heterocycles. The zero-order valence-corrected chi connectivity index (χ0v) is 32.7. The molecule has 0 fully saturated rings. The molecule has 1 amide bonds. The van der Waals surface area contributed by atoms with Crippen LogP contribution in [0, 0.1) is 0 Å². The minimum Gasteiger partial charge on any atom is -0.463 e. The first-order valence-electron chi connectivity index (χ1n) is 19.4. The highest BCUT2D eigenvalue weighted by molar-refractivity contribution is 7.47. The van der Waals surface area contributed by atoms with Crippen molar-refractivity contribution in [1.29, 1.82) is 0 Å². The van der Waals surface area contributed by atoms with Crippen LogP contribution in [0.2, 0.25) is 0 Å². The molecule has 0 spiro atoms. The number of aliphatic hydroxyl groups is 1. The lowest BCUT2D eigenvalue weighted by Gasteiger charge is -2.15. The van der Waals surface area contributed by atoms with Crippen molar-refractivity contribution in [2.24, 2.45) is 0 Å². The van der Waals surface area contributed by atoms with Crippen molar-refractivity contribution in [2.45, 2.75) is 148 Å². The maximum atomic E-state index is 12.1. The topological polar surface area (TPSA) is 131 Å². The largest absolute Gasteiger partial charge is 0.472 e. The van der Waals surface area contributed by atoms with E-state index in [1.54, 1.807) is 0 Å². The molecule has 2 unspecified atom stereocenters. The Balaban J connectivity index is 3.72. The number of phosphoric ester groups is 1. The summed E-state index contributed by atoms with van der Waals surface area (Å²) in [5, 5.41) is 12.6. The third-order valence-corrected chi connectivity index (χ3v) is 8.60. The van der Waals surface area contributed by atoms with Crippen LogP contribution < -0.4 is 5.32 Å². The first-order valence-corrected chi connectivity index (χ1v) is 20.9. The van der Waals surface area contributed by atoms with Gasteiger partial charge in [0.2, 0.25) is 5.91 Å². The van der Waals surface area contributed by atoms with E-state index in [9.17, 15) is 24.2 Å². The van der Waals surface area contributed by atoms with Crippen molar-refractivity contribution in [3.63, 3.8) is 0 Å². The standard InChI is InChI=1S/C41H70NO8P/c1-3-5-7-9-11-13-15-17-19-21-23-25-27-29-31-33-40(44)42-35-36-49-51(46,47)50-38-39(43)37-48-41(45)34-32-30-28-26-24-22-20-18-16-14-12-10-8-6-4-2/h5,7,11-14,17-20,23,25,39,43H,3-4,6,8-10,15-16,21-22,24,26-38H2,1-2H3,(H,42,44)(H,46,47)/b7-5-,13-11-,14-12-,19-17-,20-18-,25-23-. The number of unbranched alkanes of at least 4 members (excludes halogenated alkanes) is 10. The number of amides is 1. The molecule has 0 saturated carbocycles. The number of hydrogen-bond acceptors (Lipinski definition) is 7. The minimum atomic E-state index is -4.43. The minimum absolute atomic E-state index is 0.0535. The highest BCUT2D eigenvalue weighted by Crippen LogP contribution is 2.42. The zero-order valence-electron chi connectivity index (χ0n) is 31.8. The molecule has 10 heteroatoms. The van der Waals surface area contributed by atoms with Crippen LogP contribution in [0.25, 0.3) is 0 Å². The highest BCUT2D eigenvalue weighted by atomic mass is 31.2. The van der Waals surface area contributed by atoms with E-state index in [1.807, 2.05) is 0 Å². The third kappa shape index (κ3) is 38.5. The van der Waals surface area contributed by atoms with Crippen LogP contribution in [-0.2, 0) is 27.9 Å². The van der Waals surface area contributed by atoms with E-state index in [2.05, 4.69) is 92.1 Å². The first-order chi connectivity index (χ1) is 24.8. The number of esters is 1. The van der Waals surface area contributed by atoms with Crippen molar-refractivity contribution in [3.05, 3.63) is 72.9 Å². The Labute approximate surface area is 310 Å². The Bertz CT molecular complexity index is 1070. The van der Waals surface area contributed by atoms with Crippen LogP contribution in [0.4, 0.5) is 0 Å². The number of rotatable bonds is 35. The lowest BCUT2D eigenvalue weighted by atomic mass is 10.1. The average molecular weight is 736 g/mol. The van der Waals surface area contributed by atoms with Crippen LogP contribution >= 0.6 is 7.82 Å². The molecule has 0 heterocycles. The van der Waals surface area contributed by atoms with Gasteiger partial charge < -0.3 is 20.1 Å². The maximum absolute atomic E-state index is 12.1. The van der Waals surface area contributed by atoms with Gasteiger partial charge in [0, 0.05) is 19.4 Å². The summed E-state index contributed by atoms with van der Waals surface area (Å²) in [7, 11) is -4.43. The van der Waals surface area contributed by atoms with Crippen molar-refractivity contribution < 1.29 is 37.9 Å². The quantitative estimate of drug-likeness (QED) is 0.0254. The van der Waals surface area contributed by atoms with Crippen LogP contribution in [0.1, 0.15) is 142 Å². The fourth-order valence-electron chi connectivity index (χ4n) is 4.69. The first kappa shape index (κ1) is 48.5. The number of carbonyl (C=O) groups excluding carboxylic acids is 2. The van der Waals surface area contributed by atoms with Gasteiger partial charge in [0.1, 0.15) is 12.7 Å². The van der Waals surface area contributed by atoms with E-state index in [0.717, 1.165) is 83.5 Å². The summed E-state index contributed by atoms with van der Waals surface area (Å²) in [6.45, 7) is 3.31. The number of allylic oxidation sites excluding steroid dienone is 12. The van der Waals surface area contributed by atoms with Gasteiger partial charge in [-0.3, -0.25) is 18.6 Å². The molecule has 0 radical (unpaired) electrons. The van der Waals surface area contributed by atoms with Gasteiger partial charge in [0.05, 0.1) is 13.2 Å².